The number of carboxylic acid groups (broad SMARTS) is 1. The van der Waals surface area contributed by atoms with Gasteiger partial charge in [0.05, 0.1) is 0 Å². The van der Waals surface area contributed by atoms with Gasteiger partial charge in [-0.05, 0) is 35.3 Å². The van der Waals surface area contributed by atoms with E-state index < -0.39 is 11.5 Å². The van der Waals surface area contributed by atoms with Crippen LogP contribution in [0.25, 0.3) is 0 Å². The Morgan fingerprint density at radius 1 is 1.14 bits per heavy atom. The lowest BCUT2D eigenvalue weighted by molar-refractivity contribution is -0.138. The molecule has 0 saturated heterocycles. The standard InChI is InChI=1S/C17H14N2O2/c20-16(21)17-10-15(17)8-3-1-2-4-9-18-11-13-6-5-7-14(13)12-19-17/h1-6,8-12H,7H2,(H,20,21)/b2-1-,8-3-,9-4-,18-11-,19-12-/t17-/m1/s1. The molecule has 104 valence electrons. The first kappa shape index (κ1) is 13.2. The normalized spacial score (nSPS) is 34.0. The summed E-state index contributed by atoms with van der Waals surface area (Å²) in [5, 5.41) is 9.40. The quantitative estimate of drug-likeness (QED) is 0.801. The van der Waals surface area contributed by atoms with Gasteiger partial charge in [-0.3, -0.25) is 9.98 Å². The molecule has 0 radical (unpaired) electrons. The summed E-state index contributed by atoms with van der Waals surface area (Å²) in [5.74, 6) is -0.948. The summed E-state index contributed by atoms with van der Waals surface area (Å²) in [6.45, 7) is 0. The molecule has 0 aromatic carbocycles. The lowest BCUT2D eigenvalue weighted by Gasteiger charge is -2.06. The van der Waals surface area contributed by atoms with Gasteiger partial charge in [-0.25, -0.2) is 4.79 Å². The topological polar surface area (TPSA) is 62.0 Å². The van der Waals surface area contributed by atoms with Crippen molar-refractivity contribution in [2.45, 2.75) is 12.0 Å². The maximum absolute atomic E-state index is 11.5. The largest absolute Gasteiger partial charge is 0.479 e. The molecule has 0 aromatic rings. The molecule has 3 rings (SSSR count). The number of nitrogens with zero attached hydrogens (tertiary/aromatic N) is 2. The second-order valence-corrected chi connectivity index (χ2v) is 4.88. The minimum absolute atomic E-state index is 0.707. The number of aliphatic carboxylic acids is 1. The number of carbonyl (C=O) groups is 1. The molecule has 4 nitrogen and oxygen atoms in total. The Hall–Kier alpha value is -2.75. The molecular weight excluding hydrogens is 264 g/mol. The van der Waals surface area contributed by atoms with Gasteiger partial charge in [-0.2, -0.15) is 0 Å². The smallest absolute Gasteiger partial charge is 0.340 e. The predicted molar refractivity (Wildman–Crippen MR) is 83.6 cm³/mol. The highest BCUT2D eigenvalue weighted by Gasteiger charge is 2.49. The molecular formula is C17H14N2O2. The van der Waals surface area contributed by atoms with Crippen molar-refractivity contribution in [2.24, 2.45) is 9.98 Å². The molecule has 1 aliphatic heterocycles. The summed E-state index contributed by atoms with van der Waals surface area (Å²) >= 11 is 0. The average Bonchev–Trinajstić information content (AvgIpc) is 3.00. The van der Waals surface area contributed by atoms with Gasteiger partial charge in [-0.15, -0.1) is 0 Å². The predicted octanol–water partition coefficient (Wildman–Crippen LogP) is 2.79. The number of fused-ring (bicyclic) bond motifs is 1. The van der Waals surface area contributed by atoms with Crippen molar-refractivity contribution in [3.63, 3.8) is 0 Å². The molecule has 1 N–H and O–H groups in total. The maximum Gasteiger partial charge on any atom is 0.340 e. The average molecular weight is 278 g/mol. The van der Waals surface area contributed by atoms with Crippen LogP contribution in [-0.4, -0.2) is 29.0 Å². The number of hydrogen-bond acceptors (Lipinski definition) is 3. The minimum atomic E-state index is -1.19. The van der Waals surface area contributed by atoms with E-state index in [4.69, 9.17) is 0 Å². The van der Waals surface area contributed by atoms with Gasteiger partial charge in [0.1, 0.15) is 0 Å². The highest BCUT2D eigenvalue weighted by Crippen LogP contribution is 2.40. The fourth-order valence-corrected chi connectivity index (χ4v) is 2.20. The van der Waals surface area contributed by atoms with Crippen molar-refractivity contribution >= 4 is 18.4 Å². The second-order valence-electron chi connectivity index (χ2n) is 4.88. The Balaban J connectivity index is 1.97. The first-order chi connectivity index (χ1) is 10.2. The molecule has 0 amide bonds. The van der Waals surface area contributed by atoms with E-state index in [0.717, 1.165) is 17.6 Å². The highest BCUT2D eigenvalue weighted by atomic mass is 16.4. The molecule has 1 heterocycles. The highest BCUT2D eigenvalue weighted by molar-refractivity contribution is 6.00. The van der Waals surface area contributed by atoms with Gasteiger partial charge >= 0.3 is 5.97 Å². The van der Waals surface area contributed by atoms with Crippen molar-refractivity contribution in [1.29, 1.82) is 0 Å². The molecule has 0 fully saturated rings. The Morgan fingerprint density at radius 3 is 2.86 bits per heavy atom. The van der Waals surface area contributed by atoms with Crippen molar-refractivity contribution < 1.29 is 9.90 Å². The van der Waals surface area contributed by atoms with Gasteiger partial charge in [0.25, 0.3) is 0 Å². The van der Waals surface area contributed by atoms with E-state index >= 15 is 0 Å². The van der Waals surface area contributed by atoms with Crippen LogP contribution in [0.4, 0.5) is 0 Å². The molecule has 0 bridgehead atoms. The Bertz CT molecular complexity index is 715. The monoisotopic (exact) mass is 278 g/mol. The van der Waals surface area contributed by atoms with Crippen LogP contribution in [-0.2, 0) is 4.79 Å². The molecule has 4 heteroatoms. The zero-order valence-corrected chi connectivity index (χ0v) is 11.3. The maximum atomic E-state index is 11.5. The summed E-state index contributed by atoms with van der Waals surface area (Å²) in [6, 6.07) is 0. The summed E-state index contributed by atoms with van der Waals surface area (Å²) < 4.78 is 0. The Labute approximate surface area is 122 Å². The summed E-state index contributed by atoms with van der Waals surface area (Å²) in [7, 11) is 0. The van der Waals surface area contributed by atoms with Gasteiger partial charge in [0.2, 0.25) is 5.54 Å². The third-order valence-corrected chi connectivity index (χ3v) is 3.47. The van der Waals surface area contributed by atoms with Crippen LogP contribution in [0.5, 0.6) is 0 Å². The van der Waals surface area contributed by atoms with Crippen molar-refractivity contribution in [3.8, 4) is 0 Å². The van der Waals surface area contributed by atoms with E-state index in [9.17, 15) is 9.90 Å². The van der Waals surface area contributed by atoms with Crippen LogP contribution in [0.1, 0.15) is 6.42 Å². The van der Waals surface area contributed by atoms with E-state index in [1.165, 1.54) is 0 Å². The SMILES string of the molecule is O=C(O)[C@@]12C=C1\C=C/C=C\C=C/N=C\C1=C(/C=N\2)CC=C1. The van der Waals surface area contributed by atoms with E-state index in [0.29, 0.717) is 5.57 Å². The molecule has 2 aliphatic carbocycles. The first-order valence-corrected chi connectivity index (χ1v) is 6.67. The second kappa shape index (κ2) is 5.32. The van der Waals surface area contributed by atoms with Crippen LogP contribution in [0.15, 0.2) is 81.5 Å². The number of aliphatic imine (C=N–C) groups is 2. The van der Waals surface area contributed by atoms with E-state index in [1.54, 1.807) is 36.9 Å². The van der Waals surface area contributed by atoms with Gasteiger partial charge < -0.3 is 5.11 Å². The van der Waals surface area contributed by atoms with Crippen LogP contribution < -0.4 is 0 Å². The zero-order valence-electron chi connectivity index (χ0n) is 11.3. The fraction of sp³-hybridized carbons (Fsp3) is 0.118. The Kier molecular flexibility index (Phi) is 3.36. The van der Waals surface area contributed by atoms with E-state index in [1.807, 2.05) is 30.4 Å². The number of carboxylic acids is 1. The fourth-order valence-electron chi connectivity index (χ4n) is 2.20. The molecule has 0 aromatic heterocycles. The molecule has 0 unspecified atom stereocenters. The minimum Gasteiger partial charge on any atom is -0.479 e. The number of allylic oxidation sites excluding steroid dienone is 8. The zero-order chi connectivity index (χ0) is 14.7. The lowest BCUT2D eigenvalue weighted by Crippen LogP contribution is -2.23. The summed E-state index contributed by atoms with van der Waals surface area (Å²) in [5.41, 5.74) is 1.45. The van der Waals surface area contributed by atoms with Crippen molar-refractivity contribution in [3.05, 3.63) is 71.5 Å². The first-order valence-electron chi connectivity index (χ1n) is 6.67. The van der Waals surface area contributed by atoms with Crippen LogP contribution in [0, 0.1) is 0 Å². The number of rotatable bonds is 1. The molecule has 0 saturated carbocycles. The summed E-state index contributed by atoms with van der Waals surface area (Å²) in [6.07, 6.45) is 20.6. The van der Waals surface area contributed by atoms with Crippen LogP contribution in [0.2, 0.25) is 0 Å². The third kappa shape index (κ3) is 2.60. The molecule has 0 spiro atoms. The molecule has 3 aliphatic rings. The van der Waals surface area contributed by atoms with E-state index in [-0.39, 0.29) is 0 Å². The number of hydrogen-bond donors (Lipinski definition) is 1. The Morgan fingerprint density at radius 2 is 2.00 bits per heavy atom. The third-order valence-electron chi connectivity index (χ3n) is 3.47. The van der Waals surface area contributed by atoms with Crippen molar-refractivity contribution in [2.75, 3.05) is 0 Å². The van der Waals surface area contributed by atoms with Crippen LogP contribution in [0.3, 0.4) is 0 Å². The summed E-state index contributed by atoms with van der Waals surface area (Å²) in [4.78, 5) is 20.0. The van der Waals surface area contributed by atoms with Crippen LogP contribution >= 0.6 is 0 Å². The van der Waals surface area contributed by atoms with Gasteiger partial charge in [0.15, 0.2) is 0 Å². The van der Waals surface area contributed by atoms with E-state index in [2.05, 4.69) is 9.98 Å². The molecule has 21 heavy (non-hydrogen) atoms. The van der Waals surface area contributed by atoms with Crippen molar-refractivity contribution in [1.82, 2.24) is 0 Å². The van der Waals surface area contributed by atoms with Gasteiger partial charge in [0, 0.05) is 18.6 Å². The van der Waals surface area contributed by atoms with Gasteiger partial charge in [-0.1, -0.05) is 36.5 Å². The lowest BCUT2D eigenvalue weighted by atomic mass is 10.1. The molecule has 1 atom stereocenters.